The maximum absolute atomic E-state index is 11.7. The average molecular weight is 318 g/mol. The molecule has 1 N–H and O–H groups in total. The van der Waals surface area contributed by atoms with Gasteiger partial charge in [-0.1, -0.05) is 19.6 Å². The zero-order valence-corrected chi connectivity index (χ0v) is 15.4. The molecule has 0 aliphatic heterocycles. The van der Waals surface area contributed by atoms with Crippen LogP contribution in [-0.4, -0.2) is 57.5 Å². The molecule has 0 aromatic rings. The molecule has 0 bridgehead atoms. The SMILES string of the molecule is CN(CCNC(=O)OC(C)(C)C)C(=O)OCC[Si](C)(C)C. The molecule has 0 radical (unpaired) electrons. The molecule has 0 unspecified atom stereocenters. The Balaban J connectivity index is 3.86. The number of hydrogen-bond acceptors (Lipinski definition) is 4. The van der Waals surface area contributed by atoms with Gasteiger partial charge >= 0.3 is 12.2 Å². The lowest BCUT2D eigenvalue weighted by Gasteiger charge is -2.21. The molecule has 0 fully saturated rings. The third-order valence-corrected chi connectivity index (χ3v) is 4.21. The van der Waals surface area contributed by atoms with E-state index in [0.29, 0.717) is 19.7 Å². The minimum absolute atomic E-state index is 0.328. The lowest BCUT2D eigenvalue weighted by atomic mass is 10.2. The largest absolute Gasteiger partial charge is 0.450 e. The molecule has 0 aliphatic carbocycles. The van der Waals surface area contributed by atoms with Crippen LogP contribution in [0.15, 0.2) is 0 Å². The van der Waals surface area contributed by atoms with Crippen LogP contribution in [0.5, 0.6) is 0 Å². The fraction of sp³-hybridized carbons (Fsp3) is 0.857. The summed E-state index contributed by atoms with van der Waals surface area (Å²) in [6.07, 6.45) is -0.845. The van der Waals surface area contributed by atoms with Gasteiger partial charge in [-0.2, -0.15) is 0 Å². The van der Waals surface area contributed by atoms with Gasteiger partial charge < -0.3 is 19.7 Å². The first-order valence-electron chi connectivity index (χ1n) is 7.25. The summed E-state index contributed by atoms with van der Waals surface area (Å²) in [5.41, 5.74) is -0.522. The van der Waals surface area contributed by atoms with Crippen LogP contribution < -0.4 is 5.32 Å². The number of carbonyl (C=O) groups is 2. The van der Waals surface area contributed by atoms with Crippen molar-refractivity contribution in [1.29, 1.82) is 0 Å². The fourth-order valence-electron chi connectivity index (χ4n) is 1.29. The fourth-order valence-corrected chi connectivity index (χ4v) is 2.00. The summed E-state index contributed by atoms with van der Waals surface area (Å²) in [7, 11) is 0.455. The maximum atomic E-state index is 11.7. The van der Waals surface area contributed by atoms with Crippen LogP contribution in [0.2, 0.25) is 25.7 Å². The second-order valence-corrected chi connectivity index (χ2v) is 12.9. The number of rotatable bonds is 6. The third-order valence-electron chi connectivity index (χ3n) is 2.50. The van der Waals surface area contributed by atoms with Gasteiger partial charge in [0.2, 0.25) is 0 Å². The number of alkyl carbamates (subject to hydrolysis) is 1. The van der Waals surface area contributed by atoms with Crippen LogP contribution >= 0.6 is 0 Å². The van der Waals surface area contributed by atoms with Gasteiger partial charge in [0.25, 0.3) is 0 Å². The minimum Gasteiger partial charge on any atom is -0.450 e. The summed E-state index contributed by atoms with van der Waals surface area (Å²) < 4.78 is 10.3. The second-order valence-electron chi connectivity index (χ2n) is 7.28. The van der Waals surface area contributed by atoms with E-state index in [1.807, 2.05) is 0 Å². The van der Waals surface area contributed by atoms with Crippen molar-refractivity contribution in [2.45, 2.75) is 52.1 Å². The first-order chi connectivity index (χ1) is 9.41. The molecule has 21 heavy (non-hydrogen) atoms. The molecule has 0 aliphatic rings. The van der Waals surface area contributed by atoms with Gasteiger partial charge in [0.05, 0.1) is 6.61 Å². The van der Waals surface area contributed by atoms with E-state index in [2.05, 4.69) is 25.0 Å². The van der Waals surface area contributed by atoms with Crippen molar-refractivity contribution in [3.05, 3.63) is 0 Å². The number of likely N-dealkylation sites (N-methyl/N-ethyl adjacent to an activating group) is 1. The smallest absolute Gasteiger partial charge is 0.409 e. The maximum Gasteiger partial charge on any atom is 0.409 e. The van der Waals surface area contributed by atoms with Crippen molar-refractivity contribution in [3.63, 3.8) is 0 Å². The van der Waals surface area contributed by atoms with Gasteiger partial charge in [0.15, 0.2) is 0 Å². The molecule has 0 rings (SSSR count). The highest BCUT2D eigenvalue weighted by molar-refractivity contribution is 6.76. The molecular weight excluding hydrogens is 288 g/mol. The Morgan fingerprint density at radius 2 is 1.76 bits per heavy atom. The van der Waals surface area contributed by atoms with Crippen molar-refractivity contribution in [1.82, 2.24) is 10.2 Å². The monoisotopic (exact) mass is 318 g/mol. The summed E-state index contributed by atoms with van der Waals surface area (Å²) >= 11 is 0. The molecule has 7 heteroatoms. The summed E-state index contributed by atoms with van der Waals surface area (Å²) in [4.78, 5) is 24.6. The highest BCUT2D eigenvalue weighted by Crippen LogP contribution is 2.08. The van der Waals surface area contributed by atoms with Crippen LogP contribution in [0.4, 0.5) is 9.59 Å². The summed E-state index contributed by atoms with van der Waals surface area (Å²) in [5, 5.41) is 2.60. The Morgan fingerprint density at radius 1 is 1.19 bits per heavy atom. The first kappa shape index (κ1) is 19.8. The molecule has 124 valence electrons. The minimum atomic E-state index is -1.19. The Hall–Kier alpha value is -1.24. The quantitative estimate of drug-likeness (QED) is 0.765. The Morgan fingerprint density at radius 3 is 2.24 bits per heavy atom. The summed E-state index contributed by atoms with van der Waals surface area (Å²) in [5.74, 6) is 0. The molecule has 0 heterocycles. The molecular formula is C14H30N2O4Si. The summed E-state index contributed by atoms with van der Waals surface area (Å²) in [6, 6.07) is 0.947. The molecule has 0 aromatic carbocycles. The van der Waals surface area contributed by atoms with Crippen molar-refractivity contribution in [2.75, 3.05) is 26.7 Å². The van der Waals surface area contributed by atoms with Crippen LogP contribution in [0, 0.1) is 0 Å². The molecule has 0 saturated carbocycles. The van der Waals surface area contributed by atoms with E-state index in [1.165, 1.54) is 4.90 Å². The normalized spacial score (nSPS) is 11.8. The van der Waals surface area contributed by atoms with Crippen LogP contribution in [0.25, 0.3) is 0 Å². The zero-order valence-electron chi connectivity index (χ0n) is 14.4. The van der Waals surface area contributed by atoms with Crippen molar-refractivity contribution < 1.29 is 19.1 Å². The zero-order chi connectivity index (χ0) is 16.7. The van der Waals surface area contributed by atoms with Gasteiger partial charge in [0.1, 0.15) is 5.60 Å². The van der Waals surface area contributed by atoms with E-state index in [9.17, 15) is 9.59 Å². The number of amides is 2. The standard InChI is InChI=1S/C14H30N2O4Si/c1-14(2,3)20-12(17)15-8-9-16(4)13(18)19-10-11-21(5,6)7/h8-11H2,1-7H3,(H,15,17). The van der Waals surface area contributed by atoms with Crippen molar-refractivity contribution in [2.24, 2.45) is 0 Å². The van der Waals surface area contributed by atoms with Gasteiger partial charge in [0, 0.05) is 28.2 Å². The Bertz CT molecular complexity index is 348. The van der Waals surface area contributed by atoms with Crippen LogP contribution in [0.3, 0.4) is 0 Å². The molecule has 0 spiro atoms. The van der Waals surface area contributed by atoms with Crippen LogP contribution in [-0.2, 0) is 9.47 Å². The predicted molar refractivity (Wildman–Crippen MR) is 86.4 cm³/mol. The van der Waals surface area contributed by atoms with E-state index >= 15 is 0 Å². The van der Waals surface area contributed by atoms with E-state index in [-0.39, 0.29) is 6.09 Å². The number of nitrogens with one attached hydrogen (secondary N) is 1. The third kappa shape index (κ3) is 12.2. The van der Waals surface area contributed by atoms with Gasteiger partial charge in [-0.15, -0.1) is 0 Å². The van der Waals surface area contributed by atoms with Crippen molar-refractivity contribution in [3.8, 4) is 0 Å². The molecule has 0 atom stereocenters. The lowest BCUT2D eigenvalue weighted by Crippen LogP contribution is -2.39. The van der Waals surface area contributed by atoms with Gasteiger partial charge in [-0.3, -0.25) is 0 Å². The summed E-state index contributed by atoms with van der Waals surface area (Å²) in [6.45, 7) is 13.3. The Labute approximate surface area is 129 Å². The van der Waals surface area contributed by atoms with Gasteiger partial charge in [-0.05, 0) is 26.8 Å². The Kier molecular flexibility index (Phi) is 7.77. The molecule has 0 aromatic heterocycles. The van der Waals surface area contributed by atoms with E-state index in [1.54, 1.807) is 27.8 Å². The van der Waals surface area contributed by atoms with Crippen molar-refractivity contribution >= 4 is 20.3 Å². The van der Waals surface area contributed by atoms with Crippen LogP contribution in [0.1, 0.15) is 20.8 Å². The van der Waals surface area contributed by atoms with E-state index in [4.69, 9.17) is 9.47 Å². The molecule has 0 saturated heterocycles. The van der Waals surface area contributed by atoms with E-state index < -0.39 is 19.8 Å². The predicted octanol–water partition coefficient (Wildman–Crippen LogP) is 2.92. The number of nitrogens with zero attached hydrogens (tertiary/aromatic N) is 1. The topological polar surface area (TPSA) is 67.9 Å². The average Bonchev–Trinajstić information content (AvgIpc) is 2.24. The molecule has 2 amide bonds. The lowest BCUT2D eigenvalue weighted by molar-refractivity contribution is 0.0520. The molecule has 6 nitrogen and oxygen atoms in total. The number of ether oxygens (including phenoxy) is 2. The highest BCUT2D eigenvalue weighted by atomic mass is 28.3. The van der Waals surface area contributed by atoms with E-state index in [0.717, 1.165) is 6.04 Å². The first-order valence-corrected chi connectivity index (χ1v) is 11.0. The number of hydrogen-bond donors (Lipinski definition) is 1. The number of carbonyl (C=O) groups excluding carboxylic acids is 2. The van der Waals surface area contributed by atoms with Gasteiger partial charge in [-0.25, -0.2) is 9.59 Å². The second kappa shape index (κ2) is 8.26. The highest BCUT2D eigenvalue weighted by Gasteiger charge is 2.17.